The van der Waals surface area contributed by atoms with Gasteiger partial charge in [0.2, 0.25) is 0 Å². The Bertz CT molecular complexity index is 468. The zero-order valence-corrected chi connectivity index (χ0v) is 14.2. The molecule has 0 spiro atoms. The molecule has 0 heterocycles. The zero-order chi connectivity index (χ0) is 17.5. The van der Waals surface area contributed by atoms with Crippen LogP contribution in [0.15, 0.2) is 11.6 Å². The molecule has 1 fully saturated rings. The summed E-state index contributed by atoms with van der Waals surface area (Å²) in [5.74, 6) is -1.18. The number of alkyl carbamates (subject to hydrolysis) is 1. The summed E-state index contributed by atoms with van der Waals surface area (Å²) in [7, 11) is 0. The Morgan fingerprint density at radius 3 is 2.39 bits per heavy atom. The minimum atomic E-state index is -1.17. The van der Waals surface area contributed by atoms with Crippen molar-refractivity contribution in [2.24, 2.45) is 0 Å². The van der Waals surface area contributed by atoms with Gasteiger partial charge in [-0.2, -0.15) is 0 Å². The van der Waals surface area contributed by atoms with E-state index in [1.807, 2.05) is 6.08 Å². The van der Waals surface area contributed by atoms with Crippen molar-refractivity contribution in [1.29, 1.82) is 0 Å². The van der Waals surface area contributed by atoms with E-state index >= 15 is 0 Å². The van der Waals surface area contributed by atoms with Crippen LogP contribution in [0.25, 0.3) is 0 Å². The highest BCUT2D eigenvalue weighted by atomic mass is 16.6. The van der Waals surface area contributed by atoms with Gasteiger partial charge in [0.05, 0.1) is 0 Å². The number of ketones is 1. The predicted octanol–water partition coefficient (Wildman–Crippen LogP) is 3.20. The van der Waals surface area contributed by atoms with Gasteiger partial charge in [0.1, 0.15) is 17.4 Å². The van der Waals surface area contributed by atoms with Gasteiger partial charge in [-0.25, -0.2) is 9.59 Å². The largest absolute Gasteiger partial charge is 0.480 e. The average Bonchev–Trinajstić information content (AvgIpc) is 2.92. The first-order valence-electron chi connectivity index (χ1n) is 8.09. The third kappa shape index (κ3) is 8.38. The van der Waals surface area contributed by atoms with E-state index in [9.17, 15) is 14.4 Å². The van der Waals surface area contributed by atoms with Crippen LogP contribution in [0.5, 0.6) is 0 Å². The molecule has 0 aliphatic heterocycles. The third-order valence-corrected chi connectivity index (χ3v) is 3.57. The molecule has 1 atom stereocenters. The molecule has 130 valence electrons. The summed E-state index contributed by atoms with van der Waals surface area (Å²) in [6.07, 6.45) is 6.19. The van der Waals surface area contributed by atoms with Gasteiger partial charge in [-0.1, -0.05) is 11.6 Å². The highest BCUT2D eigenvalue weighted by Crippen LogP contribution is 2.24. The predicted molar refractivity (Wildman–Crippen MR) is 86.2 cm³/mol. The molecule has 0 unspecified atom stereocenters. The minimum Gasteiger partial charge on any atom is -0.480 e. The first-order chi connectivity index (χ1) is 10.7. The quantitative estimate of drug-likeness (QED) is 0.701. The van der Waals surface area contributed by atoms with Gasteiger partial charge in [0, 0.05) is 12.8 Å². The number of amides is 1. The summed E-state index contributed by atoms with van der Waals surface area (Å²) in [4.78, 5) is 34.7. The van der Waals surface area contributed by atoms with Crippen molar-refractivity contribution in [3.63, 3.8) is 0 Å². The molecule has 1 rings (SSSR count). The van der Waals surface area contributed by atoms with E-state index in [0.29, 0.717) is 6.42 Å². The summed E-state index contributed by atoms with van der Waals surface area (Å²) in [6.45, 7) is 5.09. The normalized spacial score (nSPS) is 15.9. The van der Waals surface area contributed by atoms with Crippen LogP contribution in [0.4, 0.5) is 4.79 Å². The number of ether oxygens (including phenoxy) is 1. The monoisotopic (exact) mass is 325 g/mol. The first kappa shape index (κ1) is 19.2. The van der Waals surface area contributed by atoms with Gasteiger partial charge < -0.3 is 15.2 Å². The molecule has 1 aliphatic carbocycles. The van der Waals surface area contributed by atoms with Crippen LogP contribution < -0.4 is 5.32 Å². The smallest absolute Gasteiger partial charge is 0.408 e. The number of hydrogen-bond acceptors (Lipinski definition) is 4. The Hall–Kier alpha value is -1.85. The van der Waals surface area contributed by atoms with Crippen molar-refractivity contribution in [3.05, 3.63) is 11.6 Å². The molecular weight excluding hydrogens is 298 g/mol. The summed E-state index contributed by atoms with van der Waals surface area (Å²) in [5, 5.41) is 11.4. The number of carbonyl (C=O) groups is 3. The second-order valence-electron chi connectivity index (χ2n) is 6.89. The van der Waals surface area contributed by atoms with E-state index in [2.05, 4.69) is 5.32 Å². The molecule has 0 aromatic carbocycles. The van der Waals surface area contributed by atoms with Crippen LogP contribution in [-0.2, 0) is 14.3 Å². The fourth-order valence-corrected chi connectivity index (χ4v) is 2.41. The second kappa shape index (κ2) is 8.70. The molecule has 0 radical (unpaired) electrons. The summed E-state index contributed by atoms with van der Waals surface area (Å²) < 4.78 is 5.03. The molecule has 1 aliphatic rings. The molecule has 1 amide bonds. The summed E-state index contributed by atoms with van der Waals surface area (Å²) in [5.41, 5.74) is 0.621. The van der Waals surface area contributed by atoms with E-state index in [1.165, 1.54) is 18.4 Å². The molecule has 2 N–H and O–H groups in total. The van der Waals surface area contributed by atoms with E-state index in [4.69, 9.17) is 9.84 Å². The van der Waals surface area contributed by atoms with Gasteiger partial charge in [-0.15, -0.1) is 0 Å². The number of aliphatic carboxylic acids is 1. The lowest BCUT2D eigenvalue weighted by molar-refractivity contribution is -0.139. The number of hydrogen-bond donors (Lipinski definition) is 2. The fraction of sp³-hybridized carbons (Fsp3) is 0.706. The average molecular weight is 325 g/mol. The summed E-state index contributed by atoms with van der Waals surface area (Å²) in [6, 6.07) is -1.12. The van der Waals surface area contributed by atoms with Crippen LogP contribution >= 0.6 is 0 Å². The van der Waals surface area contributed by atoms with Crippen molar-refractivity contribution in [3.8, 4) is 0 Å². The van der Waals surface area contributed by atoms with Crippen molar-refractivity contribution in [2.75, 3.05) is 0 Å². The van der Waals surface area contributed by atoms with Gasteiger partial charge in [-0.05, 0) is 52.9 Å². The van der Waals surface area contributed by atoms with Gasteiger partial charge in [0.25, 0.3) is 0 Å². The number of Topliss-reactive ketones (excluding diaryl/α,β-unsaturated/α-hetero) is 1. The topological polar surface area (TPSA) is 92.7 Å². The van der Waals surface area contributed by atoms with E-state index in [-0.39, 0.29) is 18.6 Å². The molecular formula is C17H27NO5. The number of rotatable bonds is 7. The van der Waals surface area contributed by atoms with Crippen LogP contribution in [0.1, 0.15) is 65.7 Å². The van der Waals surface area contributed by atoms with E-state index in [1.54, 1.807) is 20.8 Å². The standard InChI is InChI=1S/C17H27NO5/c1-17(2,3)23-16(22)18-14(15(20)21)11-10-13(19)9-8-12-6-4-5-7-12/h8,14H,4-7,9-11H2,1-3H3,(H,18,22)(H,20,21)/t14-/m0/s1. The van der Waals surface area contributed by atoms with E-state index in [0.717, 1.165) is 12.8 Å². The number of allylic oxidation sites excluding steroid dienone is 2. The lowest BCUT2D eigenvalue weighted by atomic mass is 10.1. The molecule has 6 heteroatoms. The van der Waals surface area contributed by atoms with Gasteiger partial charge >= 0.3 is 12.1 Å². The van der Waals surface area contributed by atoms with Crippen LogP contribution in [0.3, 0.4) is 0 Å². The van der Waals surface area contributed by atoms with Crippen molar-refractivity contribution < 1.29 is 24.2 Å². The molecule has 6 nitrogen and oxygen atoms in total. The Labute approximate surface area is 137 Å². The number of nitrogens with one attached hydrogen (secondary N) is 1. The number of carbonyl (C=O) groups excluding carboxylic acids is 2. The molecule has 1 saturated carbocycles. The second-order valence-corrected chi connectivity index (χ2v) is 6.89. The molecule has 0 aromatic rings. The van der Waals surface area contributed by atoms with Gasteiger partial charge in [-0.3, -0.25) is 4.79 Å². The Morgan fingerprint density at radius 2 is 1.87 bits per heavy atom. The van der Waals surface area contributed by atoms with Crippen molar-refractivity contribution in [1.82, 2.24) is 5.32 Å². The Kier molecular flexibility index (Phi) is 7.26. The molecule has 0 saturated heterocycles. The SMILES string of the molecule is CC(C)(C)OC(=O)N[C@@H](CCC(=O)CC=C1CCCC1)C(=O)O. The van der Waals surface area contributed by atoms with Crippen LogP contribution in [0.2, 0.25) is 0 Å². The first-order valence-corrected chi connectivity index (χ1v) is 8.09. The maximum atomic E-state index is 11.9. The zero-order valence-electron chi connectivity index (χ0n) is 14.2. The minimum absolute atomic E-state index is 0.0124. The van der Waals surface area contributed by atoms with Crippen molar-refractivity contribution in [2.45, 2.75) is 77.4 Å². The van der Waals surface area contributed by atoms with Gasteiger partial charge in [0.15, 0.2) is 0 Å². The lowest BCUT2D eigenvalue weighted by Gasteiger charge is -2.21. The van der Waals surface area contributed by atoms with Crippen molar-refractivity contribution >= 4 is 17.8 Å². The summed E-state index contributed by atoms with van der Waals surface area (Å²) >= 11 is 0. The van der Waals surface area contributed by atoms with Crippen LogP contribution in [0, 0.1) is 0 Å². The third-order valence-electron chi connectivity index (χ3n) is 3.57. The Morgan fingerprint density at radius 1 is 1.26 bits per heavy atom. The number of carboxylic acids is 1. The highest BCUT2D eigenvalue weighted by Gasteiger charge is 2.24. The lowest BCUT2D eigenvalue weighted by Crippen LogP contribution is -2.43. The molecule has 23 heavy (non-hydrogen) atoms. The van der Waals surface area contributed by atoms with E-state index < -0.39 is 23.7 Å². The number of carboxylic acid groups (broad SMARTS) is 1. The van der Waals surface area contributed by atoms with Crippen LogP contribution in [-0.4, -0.2) is 34.6 Å². The maximum Gasteiger partial charge on any atom is 0.408 e. The molecule has 0 bridgehead atoms. The maximum absolute atomic E-state index is 11.9. The molecule has 0 aromatic heterocycles. The highest BCUT2D eigenvalue weighted by molar-refractivity contribution is 5.83. The Balaban J connectivity index is 2.40. The fourth-order valence-electron chi connectivity index (χ4n) is 2.41.